The first-order chi connectivity index (χ1) is 31.7. The molecule has 0 saturated carbocycles. The van der Waals surface area contributed by atoms with Crippen molar-refractivity contribution in [2.24, 2.45) is 20.5 Å². The maximum absolute atomic E-state index is 11.9. The van der Waals surface area contributed by atoms with Crippen LogP contribution in [0.2, 0.25) is 0 Å². The van der Waals surface area contributed by atoms with Gasteiger partial charge in [-0.2, -0.15) is 40.2 Å². The van der Waals surface area contributed by atoms with E-state index in [1.54, 1.807) is 12.1 Å². The number of methoxy groups -OCH3 is 2. The number of carbonyl (C=O) groups is 2. The molecule has 0 spiro atoms. The lowest BCUT2D eigenvalue weighted by Crippen LogP contribution is -2.22. The molecule has 5 aromatic rings. The van der Waals surface area contributed by atoms with Gasteiger partial charge in [0.1, 0.15) is 32.6 Å². The normalized spacial score (nSPS) is 12.1. The monoisotopic (exact) mass is 1040 g/mol. The average molecular weight is 1040 g/mol. The van der Waals surface area contributed by atoms with Crippen molar-refractivity contribution >= 4 is 134 Å². The molecule has 0 aliphatic carbocycles. The van der Waals surface area contributed by atoms with Crippen molar-refractivity contribution in [2.45, 2.75) is 42.9 Å². The molecular formula is C35H41N13O13S6. The number of nitrogens with zero attached hydrogens (tertiary/aromatic N) is 11. The highest BCUT2D eigenvalue weighted by molar-refractivity contribution is 8.00. The number of rotatable bonds is 24. The number of anilines is 6. The van der Waals surface area contributed by atoms with Gasteiger partial charge in [0.2, 0.25) is 32.2 Å². The van der Waals surface area contributed by atoms with Crippen molar-refractivity contribution in [3.8, 4) is 11.5 Å². The van der Waals surface area contributed by atoms with E-state index in [9.17, 15) is 48.5 Å². The maximum Gasteiger partial charge on any atom is 0.313 e. The molecule has 26 nitrogen and oxygen atoms in total. The molecule has 0 fully saturated rings. The molecule has 0 bridgehead atoms. The van der Waals surface area contributed by atoms with E-state index in [1.807, 2.05) is 37.5 Å². The highest BCUT2D eigenvalue weighted by atomic mass is 32.2. The number of nitrogens with one attached hydrogen (secondary N) is 2. The Hall–Kier alpha value is -5.87. The van der Waals surface area contributed by atoms with Crippen LogP contribution in [-0.4, -0.2) is 128 Å². The summed E-state index contributed by atoms with van der Waals surface area (Å²) in [6.07, 6.45) is 0.394. The van der Waals surface area contributed by atoms with Gasteiger partial charge in [-0.15, -0.1) is 20.5 Å². The number of aldehydes is 2. The van der Waals surface area contributed by atoms with E-state index in [-0.39, 0.29) is 68.4 Å². The number of hydrogen-bond donors (Lipinski definition) is 5. The molecule has 2 aromatic carbocycles. The number of ether oxygens (including phenoxy) is 2. The van der Waals surface area contributed by atoms with Crippen LogP contribution in [0.15, 0.2) is 59.9 Å². The molecule has 0 aliphatic heterocycles. The Bertz CT molecular complexity index is 2850. The molecule has 0 unspecified atom stereocenters. The van der Waals surface area contributed by atoms with E-state index >= 15 is 0 Å². The van der Waals surface area contributed by atoms with Crippen molar-refractivity contribution in [2.75, 3.05) is 72.3 Å². The van der Waals surface area contributed by atoms with Gasteiger partial charge in [0.05, 0.1) is 42.7 Å². The number of carbonyl (C=O) groups excluding carboxylic acids is 2. The highest BCUT2D eigenvalue weighted by Crippen LogP contribution is 2.43. The summed E-state index contributed by atoms with van der Waals surface area (Å²) in [5, 5.41) is 20.3. The number of benzene rings is 2. The predicted molar refractivity (Wildman–Crippen MR) is 250 cm³/mol. The van der Waals surface area contributed by atoms with Gasteiger partial charge in [-0.25, -0.2) is 9.97 Å². The molecule has 67 heavy (non-hydrogen) atoms. The van der Waals surface area contributed by atoms with E-state index in [1.165, 1.54) is 26.4 Å². The summed E-state index contributed by atoms with van der Waals surface area (Å²) < 4.78 is 111. The molecule has 5 rings (SSSR count). The van der Waals surface area contributed by atoms with Crippen molar-refractivity contribution in [1.82, 2.24) is 24.9 Å². The Kier molecular flexibility index (Phi) is 17.3. The third-order valence-electron chi connectivity index (χ3n) is 8.89. The van der Waals surface area contributed by atoms with Crippen LogP contribution in [0.25, 0.3) is 0 Å². The maximum atomic E-state index is 11.9. The van der Waals surface area contributed by atoms with Crippen molar-refractivity contribution < 1.29 is 58.0 Å². The SMILES string of the molecule is CCN(CC)c1cc(Nc2nc(Nc3cc(N(CC)CC)c(OC)cc3/N=N/c3nc(S(=O)(=O)O)c(C=O)s3)nc(SCCS(=O)(=O)O)n2)c(/N=N/c2nc(S(=O)(=O)O)c(C=O)s2)cc1OC. The fourth-order valence-corrected chi connectivity index (χ4v) is 10.7. The van der Waals surface area contributed by atoms with Gasteiger partial charge >= 0.3 is 20.2 Å². The van der Waals surface area contributed by atoms with Gasteiger partial charge in [0.15, 0.2) is 17.7 Å². The second-order valence-electron chi connectivity index (χ2n) is 13.0. The largest absolute Gasteiger partial charge is 0.494 e. The van der Waals surface area contributed by atoms with Crippen LogP contribution >= 0.6 is 34.4 Å². The van der Waals surface area contributed by atoms with Crippen LogP contribution in [0.1, 0.15) is 47.0 Å². The van der Waals surface area contributed by atoms with E-state index < -0.39 is 55.9 Å². The van der Waals surface area contributed by atoms with Crippen molar-refractivity contribution in [3.05, 3.63) is 34.0 Å². The Labute approximate surface area is 395 Å². The van der Waals surface area contributed by atoms with Crippen LogP contribution in [0, 0.1) is 0 Å². The molecule has 0 atom stereocenters. The summed E-state index contributed by atoms with van der Waals surface area (Å²) in [4.78, 5) is 47.3. The van der Waals surface area contributed by atoms with E-state index in [0.29, 0.717) is 71.7 Å². The highest BCUT2D eigenvalue weighted by Gasteiger charge is 2.25. The summed E-state index contributed by atoms with van der Waals surface area (Å²) in [7, 11) is -11.3. The van der Waals surface area contributed by atoms with E-state index in [2.05, 4.69) is 56.0 Å². The fourth-order valence-electron chi connectivity index (χ4n) is 5.85. The molecule has 0 radical (unpaired) electrons. The standard InChI is InChI=1S/C35H41N13O13S6/c1-7-47(8-2)23-13-19(21(15-25(23)60-5)43-45-34-38-29(66(54,55)56)27(17-49)63-34)36-31-40-32(42-33(41-31)62-11-12-65(51,52)53)37-20-14-24(48(9-3)10-4)26(61-6)16-22(20)44-46-35-39-30(67(57,58)59)28(18-50)64-35/h13-18H,7-12H2,1-6H3,(H,51,52,53)(H,54,55,56)(H,57,58,59)(H2,36,37,40,41,42)/b45-43+,46-44+. The molecule has 360 valence electrons. The zero-order valence-corrected chi connectivity index (χ0v) is 40.9. The second kappa shape index (κ2) is 22.3. The minimum atomic E-state index is -4.88. The van der Waals surface area contributed by atoms with E-state index in [0.717, 1.165) is 11.8 Å². The molecular weight excluding hydrogens is 1000 g/mol. The number of hydrogen-bond acceptors (Lipinski definition) is 26. The summed E-state index contributed by atoms with van der Waals surface area (Å²) in [6.45, 7) is 9.80. The zero-order chi connectivity index (χ0) is 49.3. The minimum Gasteiger partial charge on any atom is -0.494 e. The quantitative estimate of drug-likeness (QED) is 0.0181. The van der Waals surface area contributed by atoms with Gasteiger partial charge in [-0.3, -0.25) is 23.2 Å². The molecule has 32 heteroatoms. The number of thiazole rings is 2. The van der Waals surface area contributed by atoms with Gasteiger partial charge in [-0.05, 0) is 39.8 Å². The lowest BCUT2D eigenvalue weighted by Gasteiger charge is -2.25. The minimum absolute atomic E-state index is 0.0474. The molecule has 0 saturated heterocycles. The number of aromatic nitrogens is 5. The van der Waals surface area contributed by atoms with Crippen molar-refractivity contribution in [1.29, 1.82) is 0 Å². The molecule has 5 N–H and O–H groups in total. The van der Waals surface area contributed by atoms with Crippen LogP contribution in [0.5, 0.6) is 11.5 Å². The zero-order valence-electron chi connectivity index (χ0n) is 36.0. The molecule has 3 heterocycles. The third-order valence-corrected chi connectivity index (χ3v) is 14.3. The second-order valence-corrected chi connectivity index (χ2v) is 20.3. The Morgan fingerprint density at radius 1 is 0.642 bits per heavy atom. The van der Waals surface area contributed by atoms with Crippen LogP contribution < -0.4 is 29.9 Å². The van der Waals surface area contributed by atoms with Gasteiger partial charge in [0.25, 0.3) is 10.1 Å². The van der Waals surface area contributed by atoms with Crippen LogP contribution in [0.4, 0.5) is 56.3 Å². The lowest BCUT2D eigenvalue weighted by atomic mass is 10.2. The third kappa shape index (κ3) is 13.4. The fraction of sp³-hybridized carbons (Fsp3) is 0.343. The summed E-state index contributed by atoms with van der Waals surface area (Å²) in [6, 6.07) is 6.29. The van der Waals surface area contributed by atoms with Crippen molar-refractivity contribution in [3.63, 3.8) is 0 Å². The Balaban J connectivity index is 1.69. The molecule has 0 aliphatic rings. The van der Waals surface area contributed by atoms with Gasteiger partial charge in [-0.1, -0.05) is 34.4 Å². The first-order valence-corrected chi connectivity index (χ1v) is 26.3. The Morgan fingerprint density at radius 2 is 1.04 bits per heavy atom. The first-order valence-electron chi connectivity index (χ1n) is 19.2. The lowest BCUT2D eigenvalue weighted by molar-refractivity contribution is 0.111. The summed E-state index contributed by atoms with van der Waals surface area (Å²) >= 11 is 1.95. The van der Waals surface area contributed by atoms with Crippen LogP contribution in [-0.2, 0) is 30.4 Å². The summed E-state index contributed by atoms with van der Waals surface area (Å²) in [5.74, 6) is -0.498. The number of thioether (sulfide) groups is 1. The van der Waals surface area contributed by atoms with Gasteiger partial charge < -0.3 is 29.9 Å². The first kappa shape index (κ1) is 52.1. The van der Waals surface area contributed by atoms with Crippen LogP contribution in [0.3, 0.4) is 0 Å². The summed E-state index contributed by atoms with van der Waals surface area (Å²) in [5.41, 5.74) is 1.64. The predicted octanol–water partition coefficient (Wildman–Crippen LogP) is 6.91. The average Bonchev–Trinajstić information content (AvgIpc) is 3.91. The van der Waals surface area contributed by atoms with E-state index in [4.69, 9.17) is 9.47 Å². The van der Waals surface area contributed by atoms with Gasteiger partial charge in [0, 0.05) is 44.1 Å². The molecule has 0 amide bonds. The topological polar surface area (TPSA) is 360 Å². The number of azo groups is 2. The smallest absolute Gasteiger partial charge is 0.313 e. The Morgan fingerprint density at radius 3 is 1.36 bits per heavy atom. The molecule has 3 aromatic heterocycles.